The maximum absolute atomic E-state index is 5.82. The fraction of sp³-hybridized carbons (Fsp3) is 0.917. The van der Waals surface area contributed by atoms with Crippen LogP contribution in [0.15, 0.2) is 4.99 Å². The van der Waals surface area contributed by atoms with Crippen LogP contribution in [-0.2, 0) is 4.74 Å². The van der Waals surface area contributed by atoms with Crippen LogP contribution in [-0.4, -0.2) is 49.1 Å². The number of ether oxygens (including phenoxy) is 1. The van der Waals surface area contributed by atoms with E-state index in [0.29, 0.717) is 18.5 Å². The molecule has 2 aliphatic rings. The van der Waals surface area contributed by atoms with Crippen LogP contribution in [0.2, 0.25) is 0 Å². The molecule has 2 fully saturated rings. The fourth-order valence-electron chi connectivity index (χ4n) is 2.39. The second kappa shape index (κ2) is 5.15. The number of nitrogens with two attached hydrogens (primary N) is 1. The molecule has 2 saturated heterocycles. The highest BCUT2D eigenvalue weighted by Gasteiger charge is 2.31. The first-order chi connectivity index (χ1) is 7.66. The van der Waals surface area contributed by atoms with Gasteiger partial charge in [0.2, 0.25) is 0 Å². The molecule has 0 aromatic carbocycles. The molecule has 2 aliphatic heterocycles. The summed E-state index contributed by atoms with van der Waals surface area (Å²) in [7, 11) is 0. The van der Waals surface area contributed by atoms with Crippen LogP contribution in [0, 0.1) is 5.92 Å². The van der Waals surface area contributed by atoms with Crippen LogP contribution in [0.3, 0.4) is 0 Å². The number of hydrogen-bond donors (Lipinski definition) is 1. The molecular weight excluding hydrogens is 202 g/mol. The minimum Gasteiger partial charge on any atom is -0.387 e. The van der Waals surface area contributed by atoms with Gasteiger partial charge in [0.15, 0.2) is 0 Å². The van der Waals surface area contributed by atoms with E-state index in [0.717, 1.165) is 19.0 Å². The van der Waals surface area contributed by atoms with Crippen molar-refractivity contribution in [2.24, 2.45) is 16.6 Å². The van der Waals surface area contributed by atoms with Gasteiger partial charge in [-0.1, -0.05) is 13.8 Å². The second-order valence-electron chi connectivity index (χ2n) is 5.17. The Bertz CT molecular complexity index is 265. The zero-order valence-electron chi connectivity index (χ0n) is 10.4. The Morgan fingerprint density at radius 2 is 2.38 bits per heavy atom. The van der Waals surface area contributed by atoms with Crippen molar-refractivity contribution in [3.05, 3.63) is 0 Å². The molecule has 0 aromatic rings. The summed E-state index contributed by atoms with van der Waals surface area (Å²) in [5.41, 5.74) is 5.82. The number of rotatable bonds is 3. The summed E-state index contributed by atoms with van der Waals surface area (Å²) in [5, 5.41) is 0. The number of amidine groups is 1. The smallest absolute Gasteiger partial charge is 0.0964 e. The topological polar surface area (TPSA) is 50.8 Å². The van der Waals surface area contributed by atoms with Crippen LogP contribution in [0.4, 0.5) is 0 Å². The molecular formula is C12H23N3O. The Morgan fingerprint density at radius 1 is 1.56 bits per heavy atom. The van der Waals surface area contributed by atoms with Crippen molar-refractivity contribution in [1.82, 2.24) is 4.90 Å². The average molecular weight is 225 g/mol. The van der Waals surface area contributed by atoms with Crippen LogP contribution in [0.25, 0.3) is 0 Å². The van der Waals surface area contributed by atoms with Gasteiger partial charge in [-0.3, -0.25) is 9.89 Å². The van der Waals surface area contributed by atoms with Gasteiger partial charge in [-0.2, -0.15) is 0 Å². The third-order valence-electron chi connectivity index (χ3n) is 3.53. The molecule has 2 N–H and O–H groups in total. The quantitative estimate of drug-likeness (QED) is 0.572. The Hall–Kier alpha value is -0.610. The first-order valence-electron chi connectivity index (χ1n) is 6.32. The van der Waals surface area contributed by atoms with Crippen LogP contribution in [0.1, 0.15) is 26.7 Å². The van der Waals surface area contributed by atoms with E-state index in [1.54, 1.807) is 0 Å². The van der Waals surface area contributed by atoms with Gasteiger partial charge < -0.3 is 10.5 Å². The minimum absolute atomic E-state index is 0.242. The molecule has 0 saturated carbocycles. The number of aliphatic imine (C=N–C) groups is 1. The monoisotopic (exact) mass is 225 g/mol. The molecule has 16 heavy (non-hydrogen) atoms. The first-order valence-corrected chi connectivity index (χ1v) is 6.32. The van der Waals surface area contributed by atoms with E-state index < -0.39 is 0 Å². The summed E-state index contributed by atoms with van der Waals surface area (Å²) in [5.74, 6) is 1.08. The summed E-state index contributed by atoms with van der Waals surface area (Å²) in [6.45, 7) is 7.98. The summed E-state index contributed by atoms with van der Waals surface area (Å²) in [4.78, 5) is 6.94. The standard InChI is InChI=1S/C12H23N3O/c1-9(2)12(13)14-6-11-7-15-5-3-4-10(15)8-16-11/h9-11H,3-8H2,1-2H3,(H2,13,14). The van der Waals surface area contributed by atoms with E-state index in [4.69, 9.17) is 10.5 Å². The highest BCUT2D eigenvalue weighted by Crippen LogP contribution is 2.22. The molecule has 0 amide bonds. The van der Waals surface area contributed by atoms with Gasteiger partial charge >= 0.3 is 0 Å². The largest absolute Gasteiger partial charge is 0.387 e. The number of hydrogen-bond acceptors (Lipinski definition) is 3. The third kappa shape index (κ3) is 2.74. The lowest BCUT2D eigenvalue weighted by molar-refractivity contribution is -0.0432. The maximum Gasteiger partial charge on any atom is 0.0964 e. The normalized spacial score (nSPS) is 32.1. The Morgan fingerprint density at radius 3 is 3.12 bits per heavy atom. The second-order valence-corrected chi connectivity index (χ2v) is 5.17. The Kier molecular flexibility index (Phi) is 3.82. The number of nitrogens with zero attached hydrogens (tertiary/aromatic N) is 2. The predicted molar refractivity (Wildman–Crippen MR) is 65.7 cm³/mol. The van der Waals surface area contributed by atoms with E-state index in [1.165, 1.54) is 19.4 Å². The third-order valence-corrected chi connectivity index (χ3v) is 3.53. The molecule has 0 aliphatic carbocycles. The van der Waals surface area contributed by atoms with Gasteiger partial charge in [0, 0.05) is 18.5 Å². The minimum atomic E-state index is 0.242. The van der Waals surface area contributed by atoms with Gasteiger partial charge in [0.05, 0.1) is 25.1 Å². The zero-order chi connectivity index (χ0) is 11.5. The highest BCUT2D eigenvalue weighted by atomic mass is 16.5. The van der Waals surface area contributed by atoms with Crippen molar-refractivity contribution in [1.29, 1.82) is 0 Å². The van der Waals surface area contributed by atoms with Gasteiger partial charge in [-0.15, -0.1) is 0 Å². The summed E-state index contributed by atoms with van der Waals surface area (Å²) >= 11 is 0. The van der Waals surface area contributed by atoms with E-state index in [-0.39, 0.29) is 6.10 Å². The molecule has 0 aromatic heterocycles. The maximum atomic E-state index is 5.82. The lowest BCUT2D eigenvalue weighted by Crippen LogP contribution is -2.47. The Labute approximate surface area is 97.9 Å². The van der Waals surface area contributed by atoms with Crippen molar-refractivity contribution in [2.75, 3.05) is 26.2 Å². The Balaban J connectivity index is 1.81. The van der Waals surface area contributed by atoms with Gasteiger partial charge in [0.1, 0.15) is 0 Å². The zero-order valence-corrected chi connectivity index (χ0v) is 10.4. The molecule has 2 heterocycles. The van der Waals surface area contributed by atoms with Crippen LogP contribution in [0.5, 0.6) is 0 Å². The molecule has 4 nitrogen and oxygen atoms in total. The van der Waals surface area contributed by atoms with Gasteiger partial charge in [-0.05, 0) is 19.4 Å². The molecule has 2 rings (SSSR count). The number of morpholine rings is 1. The van der Waals surface area contributed by atoms with Crippen molar-refractivity contribution in [3.8, 4) is 0 Å². The molecule has 0 radical (unpaired) electrons. The SMILES string of the molecule is CC(C)C(N)=NCC1CN2CCCC2CO1. The summed E-state index contributed by atoms with van der Waals surface area (Å²) in [6, 6.07) is 0.669. The fourth-order valence-corrected chi connectivity index (χ4v) is 2.39. The van der Waals surface area contributed by atoms with Crippen molar-refractivity contribution < 1.29 is 4.74 Å². The van der Waals surface area contributed by atoms with Gasteiger partial charge in [0.25, 0.3) is 0 Å². The van der Waals surface area contributed by atoms with Crippen molar-refractivity contribution in [3.63, 3.8) is 0 Å². The molecule has 92 valence electrons. The van der Waals surface area contributed by atoms with Crippen molar-refractivity contribution in [2.45, 2.75) is 38.8 Å². The molecule has 0 spiro atoms. The molecule has 2 unspecified atom stereocenters. The molecule has 2 atom stereocenters. The number of fused-ring (bicyclic) bond motifs is 1. The lowest BCUT2D eigenvalue weighted by atomic mass is 10.2. The average Bonchev–Trinajstić information content (AvgIpc) is 2.72. The summed E-state index contributed by atoms with van der Waals surface area (Å²) < 4.78 is 5.82. The molecule has 4 heteroatoms. The van der Waals surface area contributed by atoms with Gasteiger partial charge in [-0.25, -0.2) is 0 Å². The summed E-state index contributed by atoms with van der Waals surface area (Å²) in [6.07, 6.45) is 2.86. The van der Waals surface area contributed by atoms with Crippen LogP contribution >= 0.6 is 0 Å². The van der Waals surface area contributed by atoms with E-state index >= 15 is 0 Å². The lowest BCUT2D eigenvalue weighted by Gasteiger charge is -2.34. The first kappa shape index (κ1) is 11.9. The van der Waals surface area contributed by atoms with Crippen LogP contribution < -0.4 is 5.73 Å². The molecule has 0 bridgehead atoms. The van der Waals surface area contributed by atoms with E-state index in [2.05, 4.69) is 23.7 Å². The van der Waals surface area contributed by atoms with E-state index in [1.807, 2.05) is 0 Å². The van der Waals surface area contributed by atoms with Crippen molar-refractivity contribution >= 4 is 5.84 Å². The highest BCUT2D eigenvalue weighted by molar-refractivity contribution is 5.82. The predicted octanol–water partition coefficient (Wildman–Crippen LogP) is 0.863. The van der Waals surface area contributed by atoms with E-state index in [9.17, 15) is 0 Å².